The molecule has 18 nitrogen and oxygen atoms in total. The van der Waals surface area contributed by atoms with Crippen LogP contribution in [0.5, 0.6) is 11.5 Å². The Hall–Kier alpha value is -8.56. The maximum atomic E-state index is 15.4. The molecule has 22 heteroatoms. The van der Waals surface area contributed by atoms with Crippen molar-refractivity contribution < 1.29 is 37.3 Å². The highest BCUT2D eigenvalue weighted by Gasteiger charge is 2.35. The number of aromatic amines is 2. The zero-order chi connectivity index (χ0) is 53.5. The number of benzene rings is 2. The fourth-order valence-corrected chi connectivity index (χ4v) is 10.3. The molecular weight excluding hydrogens is 1040 g/mol. The number of halogens is 4. The number of fused-ring (bicyclic) bond motifs is 8. The monoisotopic (exact) mass is 1080 g/mol. The number of H-pyrrole nitrogens is 2. The van der Waals surface area contributed by atoms with E-state index in [0.29, 0.717) is 91.8 Å². The zero-order valence-corrected chi connectivity index (χ0v) is 42.4. The van der Waals surface area contributed by atoms with Crippen LogP contribution in [0.3, 0.4) is 0 Å². The number of hydrogen-bond donors (Lipinski definition) is 4. The first-order chi connectivity index (χ1) is 37.4. The van der Waals surface area contributed by atoms with Crippen molar-refractivity contribution in [1.29, 1.82) is 0 Å². The van der Waals surface area contributed by atoms with E-state index in [-0.39, 0.29) is 84.4 Å². The first-order valence-corrected chi connectivity index (χ1v) is 25.1. The van der Waals surface area contributed by atoms with Crippen LogP contribution in [-0.4, -0.2) is 97.5 Å². The Morgan fingerprint density at radius 1 is 0.701 bits per heavy atom. The van der Waals surface area contributed by atoms with Crippen LogP contribution in [0.4, 0.5) is 8.78 Å². The predicted molar refractivity (Wildman–Crippen MR) is 285 cm³/mol. The number of rotatable bonds is 13. The molecule has 77 heavy (non-hydrogen) atoms. The summed E-state index contributed by atoms with van der Waals surface area (Å²) in [5.41, 5.74) is 9.54. The first-order valence-electron chi connectivity index (χ1n) is 24.3. The van der Waals surface area contributed by atoms with Gasteiger partial charge in [-0.3, -0.25) is 9.59 Å². The summed E-state index contributed by atoms with van der Waals surface area (Å²) in [5, 5.41) is 5.71. The number of nitrogens with one attached hydrogen (secondary N) is 3. The van der Waals surface area contributed by atoms with E-state index in [9.17, 15) is 19.2 Å². The van der Waals surface area contributed by atoms with Gasteiger partial charge in [0, 0.05) is 94.9 Å². The number of likely N-dealkylation sites (N-methyl/N-ethyl adjacent to an activating group) is 1. The Kier molecular flexibility index (Phi) is 13.9. The third kappa shape index (κ3) is 9.28. The number of nitrogens with two attached hydrogens (primary N) is 1. The van der Waals surface area contributed by atoms with E-state index >= 15 is 8.78 Å². The van der Waals surface area contributed by atoms with Gasteiger partial charge in [0.05, 0.1) is 59.2 Å². The quantitative estimate of drug-likeness (QED) is 0.0488. The Morgan fingerprint density at radius 2 is 1.17 bits per heavy atom. The molecule has 0 fully saturated rings. The van der Waals surface area contributed by atoms with Crippen molar-refractivity contribution in [2.24, 2.45) is 5.73 Å². The average molecular weight is 1080 g/mol. The van der Waals surface area contributed by atoms with Crippen LogP contribution in [0.15, 0.2) is 107 Å². The van der Waals surface area contributed by atoms with Gasteiger partial charge in [-0.05, 0) is 79.8 Å². The molecule has 12 rings (SSSR count). The second-order valence-corrected chi connectivity index (χ2v) is 18.6. The average Bonchev–Trinajstić information content (AvgIpc) is 4.33. The minimum Gasteiger partial charge on any atom is -0.492 e. The summed E-state index contributed by atoms with van der Waals surface area (Å²) in [5.74, 6) is -1.69. The smallest absolute Gasteiger partial charge is 0.355 e. The lowest BCUT2D eigenvalue weighted by Crippen LogP contribution is -2.20. The molecule has 2 aliphatic rings. The van der Waals surface area contributed by atoms with Gasteiger partial charge in [0.2, 0.25) is 0 Å². The highest BCUT2D eigenvalue weighted by Crippen LogP contribution is 2.47. The molecule has 0 unspecified atom stereocenters. The van der Waals surface area contributed by atoms with Crippen LogP contribution in [-0.2, 0) is 35.4 Å². The van der Waals surface area contributed by atoms with Crippen molar-refractivity contribution in [3.05, 3.63) is 174 Å². The summed E-state index contributed by atoms with van der Waals surface area (Å²) in [6.07, 6.45) is 6.98. The molecule has 0 aliphatic carbocycles. The van der Waals surface area contributed by atoms with Gasteiger partial charge >= 0.3 is 11.9 Å². The number of nitrogens with zero attached hydrogens (tertiary/aromatic N) is 6. The molecule has 10 heterocycles. The largest absolute Gasteiger partial charge is 0.492 e. The van der Waals surface area contributed by atoms with Crippen LogP contribution < -0.4 is 31.6 Å². The molecule has 8 aromatic heterocycles. The Balaban J connectivity index is 0.000000164. The zero-order valence-electron chi connectivity index (χ0n) is 40.8. The number of aromatic nitrogens is 8. The molecule has 0 saturated carbocycles. The third-order valence-electron chi connectivity index (χ3n) is 13.3. The van der Waals surface area contributed by atoms with Gasteiger partial charge in [-0.15, -0.1) is 0 Å². The molecule has 5 N–H and O–H groups in total. The van der Waals surface area contributed by atoms with Crippen molar-refractivity contribution in [2.45, 2.75) is 25.9 Å². The fourth-order valence-electron chi connectivity index (χ4n) is 9.93. The maximum absolute atomic E-state index is 15.4. The molecule has 0 bridgehead atoms. The molecule has 2 aromatic carbocycles. The Bertz CT molecular complexity index is 4140. The van der Waals surface area contributed by atoms with Gasteiger partial charge < -0.3 is 49.1 Å². The van der Waals surface area contributed by atoms with Gasteiger partial charge in [0.15, 0.2) is 11.3 Å². The van der Waals surface area contributed by atoms with Gasteiger partial charge in [0.25, 0.3) is 11.1 Å². The van der Waals surface area contributed by atoms with Gasteiger partial charge in [-0.25, -0.2) is 38.3 Å². The van der Waals surface area contributed by atoms with E-state index in [1.165, 1.54) is 24.5 Å². The minimum absolute atomic E-state index is 0.0309. The number of carbonyl (C=O) groups excluding carboxylic acids is 2. The molecular formula is C55H44Cl2F2N10O8. The molecule has 0 radical (unpaired) electrons. The Morgan fingerprint density at radius 3 is 1.61 bits per heavy atom. The lowest BCUT2D eigenvalue weighted by molar-refractivity contribution is 0.0493. The van der Waals surface area contributed by atoms with Gasteiger partial charge in [-0.2, -0.15) is 0 Å². The molecule has 0 spiro atoms. The van der Waals surface area contributed by atoms with Crippen molar-refractivity contribution in [3.8, 4) is 33.8 Å². The van der Waals surface area contributed by atoms with Crippen LogP contribution in [0.1, 0.15) is 43.2 Å². The van der Waals surface area contributed by atoms with Crippen molar-refractivity contribution >= 4 is 79.0 Å². The van der Waals surface area contributed by atoms with E-state index < -0.39 is 34.7 Å². The van der Waals surface area contributed by atoms with Crippen LogP contribution in [0.25, 0.3) is 66.1 Å². The maximum Gasteiger partial charge on any atom is 0.355 e. The number of ether oxygens (including phenoxy) is 4. The van der Waals surface area contributed by atoms with Crippen LogP contribution in [0, 0.1) is 11.6 Å². The van der Waals surface area contributed by atoms with E-state index in [0.717, 1.165) is 10.8 Å². The summed E-state index contributed by atoms with van der Waals surface area (Å²) < 4.78 is 56.7. The standard InChI is InChI=1S/C28H23ClFN5O4.C27H21ClFN5O4/c1-31-9-11-39-28(37)23-21(18-5-3-8-33-27(18)36)22-20(13-19(30)17-6-10-38-24(17)22)35(23)14-16-12-15-4-2-7-32-26(15)34-25(16)29;28-24-15(11-14-3-1-7-31-25(14)33-24)13-34-19-12-18(29)16-5-9-37-23(16)21(19)20(17-4-2-8-32-26(17)35)22(34)27(36)38-10-6-30/h2-5,7-8,12-13,31H,6,9-11,14H2,1H3,(H,33,36);1-4,7-8,11-12H,5-6,9-10,13,30H2,(H,32,35). The molecule has 0 saturated heterocycles. The summed E-state index contributed by atoms with van der Waals surface area (Å²) in [4.78, 5) is 75.9. The highest BCUT2D eigenvalue weighted by molar-refractivity contribution is 6.31. The molecule has 0 amide bonds. The minimum atomic E-state index is -0.719. The van der Waals surface area contributed by atoms with Crippen molar-refractivity contribution in [3.63, 3.8) is 0 Å². The first kappa shape index (κ1) is 50.6. The number of esters is 2. The van der Waals surface area contributed by atoms with E-state index in [1.807, 2.05) is 24.3 Å². The second kappa shape index (κ2) is 21.2. The topological polar surface area (TPSA) is 236 Å². The van der Waals surface area contributed by atoms with Gasteiger partial charge in [0.1, 0.15) is 58.0 Å². The Labute approximate surface area is 444 Å². The third-order valence-corrected chi connectivity index (χ3v) is 14.0. The SMILES string of the molecule is CNCCOC(=O)c1c(-c2ccc[nH]c2=O)c2c3c(c(F)cc2n1Cc1cc2cccnc2nc1Cl)CCO3.NCCOC(=O)c1c(-c2ccc[nH]c2=O)c2c3c(c(F)cc2n1Cc1cc2cccnc2nc1Cl)CCO3. The van der Waals surface area contributed by atoms with Crippen molar-refractivity contribution in [1.82, 2.24) is 44.4 Å². The van der Waals surface area contributed by atoms with Gasteiger partial charge in [-0.1, -0.05) is 23.2 Å². The lowest BCUT2D eigenvalue weighted by atomic mass is 10.00. The second-order valence-electron chi connectivity index (χ2n) is 17.9. The van der Waals surface area contributed by atoms with Crippen LogP contribution >= 0.6 is 23.2 Å². The highest BCUT2D eigenvalue weighted by atomic mass is 35.5. The van der Waals surface area contributed by atoms with E-state index in [2.05, 4.69) is 35.2 Å². The lowest BCUT2D eigenvalue weighted by Gasteiger charge is -2.13. The summed E-state index contributed by atoms with van der Waals surface area (Å²) in [6, 6.07) is 20.1. The van der Waals surface area contributed by atoms with E-state index in [1.54, 1.807) is 65.0 Å². The summed E-state index contributed by atoms with van der Waals surface area (Å²) in [6.45, 7) is 1.22. The summed E-state index contributed by atoms with van der Waals surface area (Å²) in [7, 11) is 1.74. The number of hydrogen-bond acceptors (Lipinski definition) is 14. The van der Waals surface area contributed by atoms with E-state index in [4.69, 9.17) is 47.9 Å². The number of pyridine rings is 6. The molecule has 2 aliphatic heterocycles. The molecule has 0 atom stereocenters. The normalized spacial score (nSPS) is 12.6. The fraction of sp³-hybridized carbons (Fsp3) is 0.200. The predicted octanol–water partition coefficient (Wildman–Crippen LogP) is 7.92. The van der Waals surface area contributed by atoms with Crippen LogP contribution in [0.2, 0.25) is 10.3 Å². The summed E-state index contributed by atoms with van der Waals surface area (Å²) >= 11 is 13.1. The molecule has 10 aromatic rings. The molecule has 390 valence electrons. The number of carbonyl (C=O) groups is 2. The van der Waals surface area contributed by atoms with Crippen molar-refractivity contribution in [2.75, 3.05) is 46.6 Å².